The zero-order valence-electron chi connectivity index (χ0n) is 9.56. The lowest BCUT2D eigenvalue weighted by Gasteiger charge is -2.07. The number of nitrogens with zero attached hydrogens (tertiary/aromatic N) is 2. The van der Waals surface area contributed by atoms with E-state index in [-0.39, 0.29) is 5.56 Å². The molecule has 0 N–H and O–H groups in total. The molecule has 0 fully saturated rings. The van der Waals surface area contributed by atoms with Crippen LogP contribution in [0.1, 0.15) is 5.69 Å². The Morgan fingerprint density at radius 2 is 2.17 bits per heavy atom. The molecule has 2 aromatic heterocycles. The topological polar surface area (TPSA) is 44.1 Å². The van der Waals surface area contributed by atoms with Crippen LogP contribution >= 0.6 is 31.9 Å². The molecule has 0 aliphatic carbocycles. The highest BCUT2D eigenvalue weighted by Gasteiger charge is 2.05. The minimum atomic E-state index is -0.0946. The van der Waals surface area contributed by atoms with Crippen molar-refractivity contribution in [3.63, 3.8) is 0 Å². The Hall–Kier alpha value is -1.14. The number of halogens is 2. The van der Waals surface area contributed by atoms with E-state index in [0.717, 1.165) is 10.2 Å². The first-order valence-corrected chi connectivity index (χ1v) is 6.74. The van der Waals surface area contributed by atoms with Crippen molar-refractivity contribution in [3.8, 4) is 5.88 Å². The molecule has 0 atom stereocenters. The Morgan fingerprint density at radius 1 is 1.39 bits per heavy atom. The summed E-state index contributed by atoms with van der Waals surface area (Å²) in [6.45, 7) is 0.397. The van der Waals surface area contributed by atoms with Crippen molar-refractivity contribution < 1.29 is 4.74 Å². The fourth-order valence-electron chi connectivity index (χ4n) is 1.52. The van der Waals surface area contributed by atoms with Crippen LogP contribution in [0.3, 0.4) is 0 Å². The van der Waals surface area contributed by atoms with Crippen LogP contribution in [0.15, 0.2) is 44.2 Å². The Morgan fingerprint density at radius 3 is 2.89 bits per heavy atom. The van der Waals surface area contributed by atoms with Gasteiger partial charge in [0.05, 0.1) is 23.8 Å². The van der Waals surface area contributed by atoms with Gasteiger partial charge in [-0.25, -0.2) is 4.98 Å². The first kappa shape index (κ1) is 13.3. The monoisotopic (exact) mass is 372 g/mol. The summed E-state index contributed by atoms with van der Waals surface area (Å²) in [5.41, 5.74) is 0.671. The van der Waals surface area contributed by atoms with E-state index < -0.39 is 0 Å². The predicted octanol–water partition coefficient (Wildman–Crippen LogP) is 2.83. The quantitative estimate of drug-likeness (QED) is 0.830. The molecular weight excluding hydrogens is 364 g/mol. The van der Waals surface area contributed by atoms with E-state index in [1.807, 2.05) is 12.1 Å². The minimum absolute atomic E-state index is 0.0946. The Labute approximate surface area is 121 Å². The van der Waals surface area contributed by atoms with Crippen molar-refractivity contribution in [1.82, 2.24) is 9.55 Å². The highest BCUT2D eigenvalue weighted by atomic mass is 79.9. The summed E-state index contributed by atoms with van der Waals surface area (Å²) < 4.78 is 7.98. The van der Waals surface area contributed by atoms with E-state index >= 15 is 0 Å². The summed E-state index contributed by atoms with van der Waals surface area (Å²) in [4.78, 5) is 16.2. The molecule has 0 aromatic carbocycles. The Bertz CT molecular complexity index is 626. The lowest BCUT2D eigenvalue weighted by atomic mass is 10.3. The molecule has 6 heteroatoms. The molecule has 0 saturated carbocycles. The number of rotatable bonds is 3. The molecule has 0 saturated heterocycles. The van der Waals surface area contributed by atoms with Crippen molar-refractivity contribution in [2.75, 3.05) is 7.11 Å². The van der Waals surface area contributed by atoms with Crippen LogP contribution in [0, 0.1) is 0 Å². The van der Waals surface area contributed by atoms with Gasteiger partial charge in [-0.1, -0.05) is 6.07 Å². The van der Waals surface area contributed by atoms with Gasteiger partial charge in [-0.05, 0) is 44.0 Å². The summed E-state index contributed by atoms with van der Waals surface area (Å²) in [6, 6.07) is 7.18. The molecule has 4 nitrogen and oxygen atoms in total. The molecule has 0 amide bonds. The van der Waals surface area contributed by atoms with Gasteiger partial charge in [-0.3, -0.25) is 4.79 Å². The molecule has 94 valence electrons. The molecule has 0 aliphatic rings. The second-order valence-electron chi connectivity index (χ2n) is 3.61. The molecule has 2 rings (SSSR count). The van der Waals surface area contributed by atoms with E-state index in [0.29, 0.717) is 16.9 Å². The van der Waals surface area contributed by atoms with E-state index in [1.165, 1.54) is 0 Å². The minimum Gasteiger partial charge on any atom is -0.481 e. The zero-order chi connectivity index (χ0) is 13.1. The van der Waals surface area contributed by atoms with Crippen molar-refractivity contribution >= 4 is 31.9 Å². The zero-order valence-corrected chi connectivity index (χ0v) is 12.7. The van der Waals surface area contributed by atoms with Crippen LogP contribution in [0.5, 0.6) is 5.88 Å². The fraction of sp³-hybridized carbons (Fsp3) is 0.167. The van der Waals surface area contributed by atoms with Gasteiger partial charge in [-0.2, -0.15) is 0 Å². The van der Waals surface area contributed by atoms with Gasteiger partial charge in [-0.15, -0.1) is 0 Å². The third-order valence-corrected chi connectivity index (χ3v) is 3.33. The second kappa shape index (κ2) is 5.67. The maximum atomic E-state index is 11.9. The number of hydrogen-bond donors (Lipinski definition) is 0. The lowest BCUT2D eigenvalue weighted by Crippen LogP contribution is -2.21. The standard InChI is InChI=1S/C12H10Br2N2O2/c1-18-11-4-2-3-9(15-11)7-16-6-8(13)5-10(14)12(16)17/h2-6H,7H2,1H3. The summed E-state index contributed by atoms with van der Waals surface area (Å²) in [7, 11) is 1.56. The normalized spacial score (nSPS) is 10.4. The molecule has 2 heterocycles. The average Bonchev–Trinajstić information content (AvgIpc) is 2.35. The number of hydrogen-bond acceptors (Lipinski definition) is 3. The van der Waals surface area contributed by atoms with Gasteiger partial charge < -0.3 is 9.30 Å². The van der Waals surface area contributed by atoms with Gasteiger partial charge in [0.15, 0.2) is 0 Å². The maximum Gasteiger partial charge on any atom is 0.265 e. The van der Waals surface area contributed by atoms with E-state index in [2.05, 4.69) is 36.8 Å². The molecule has 18 heavy (non-hydrogen) atoms. The summed E-state index contributed by atoms with van der Waals surface area (Å²) in [5, 5.41) is 0. The third-order valence-electron chi connectivity index (χ3n) is 2.33. The van der Waals surface area contributed by atoms with E-state index in [9.17, 15) is 4.79 Å². The molecular formula is C12H10Br2N2O2. The maximum absolute atomic E-state index is 11.9. The van der Waals surface area contributed by atoms with Gasteiger partial charge in [0, 0.05) is 16.7 Å². The largest absolute Gasteiger partial charge is 0.481 e. The first-order chi connectivity index (χ1) is 8.60. The van der Waals surface area contributed by atoms with E-state index in [4.69, 9.17) is 4.74 Å². The summed E-state index contributed by atoms with van der Waals surface area (Å²) in [6.07, 6.45) is 1.73. The van der Waals surface area contributed by atoms with Gasteiger partial charge >= 0.3 is 0 Å². The highest BCUT2D eigenvalue weighted by Crippen LogP contribution is 2.14. The smallest absolute Gasteiger partial charge is 0.265 e. The highest BCUT2D eigenvalue weighted by molar-refractivity contribution is 9.11. The number of aromatic nitrogens is 2. The van der Waals surface area contributed by atoms with Gasteiger partial charge in [0.1, 0.15) is 0 Å². The van der Waals surface area contributed by atoms with Gasteiger partial charge in [0.2, 0.25) is 5.88 Å². The molecule has 0 radical (unpaired) electrons. The van der Waals surface area contributed by atoms with Crippen molar-refractivity contribution in [3.05, 3.63) is 55.5 Å². The third kappa shape index (κ3) is 3.00. The number of methoxy groups -OCH3 is 1. The van der Waals surface area contributed by atoms with Crippen molar-refractivity contribution in [2.24, 2.45) is 0 Å². The number of pyridine rings is 2. The van der Waals surface area contributed by atoms with Crippen LogP contribution < -0.4 is 10.3 Å². The lowest BCUT2D eigenvalue weighted by molar-refractivity contribution is 0.396. The molecule has 0 spiro atoms. The van der Waals surface area contributed by atoms with Crippen LogP contribution in [-0.2, 0) is 6.54 Å². The SMILES string of the molecule is COc1cccc(Cn2cc(Br)cc(Br)c2=O)n1. The molecule has 0 bridgehead atoms. The van der Waals surface area contributed by atoms with Gasteiger partial charge in [0.25, 0.3) is 5.56 Å². The van der Waals surface area contributed by atoms with Crippen molar-refractivity contribution in [1.29, 1.82) is 0 Å². The molecule has 0 unspecified atom stereocenters. The number of ether oxygens (including phenoxy) is 1. The first-order valence-electron chi connectivity index (χ1n) is 5.15. The Balaban J connectivity index is 2.36. The second-order valence-corrected chi connectivity index (χ2v) is 5.38. The fourth-order valence-corrected chi connectivity index (χ4v) is 2.77. The summed E-state index contributed by atoms with van der Waals surface area (Å²) >= 11 is 6.58. The predicted molar refractivity (Wildman–Crippen MR) is 76.0 cm³/mol. The molecule has 0 aliphatic heterocycles. The average molecular weight is 374 g/mol. The van der Waals surface area contributed by atoms with Crippen LogP contribution in [0.25, 0.3) is 0 Å². The van der Waals surface area contributed by atoms with Crippen LogP contribution in [0.4, 0.5) is 0 Å². The Kier molecular flexibility index (Phi) is 4.19. The van der Waals surface area contributed by atoms with Crippen molar-refractivity contribution in [2.45, 2.75) is 6.54 Å². The molecule has 2 aromatic rings. The van der Waals surface area contributed by atoms with Crippen LogP contribution in [0.2, 0.25) is 0 Å². The summed E-state index contributed by atoms with van der Waals surface area (Å²) in [5.74, 6) is 0.537. The van der Waals surface area contributed by atoms with E-state index in [1.54, 1.807) is 30.0 Å². The van der Waals surface area contributed by atoms with Crippen LogP contribution in [-0.4, -0.2) is 16.7 Å².